The summed E-state index contributed by atoms with van der Waals surface area (Å²) >= 11 is 0. The second-order valence-corrected chi connectivity index (χ2v) is 7.49. The normalized spacial score (nSPS) is 19.5. The monoisotopic (exact) mass is 394 g/mol. The number of carbonyl (C=O) groups excluding carboxylic acids is 3. The Kier molecular flexibility index (Phi) is 6.77. The number of primary amides is 1. The van der Waals surface area contributed by atoms with Gasteiger partial charge in [-0.25, -0.2) is 0 Å². The Hall–Kier alpha value is -2.99. The van der Waals surface area contributed by atoms with Gasteiger partial charge in [-0.15, -0.1) is 0 Å². The summed E-state index contributed by atoms with van der Waals surface area (Å²) in [6.45, 7) is 0.150. The summed E-state index contributed by atoms with van der Waals surface area (Å²) in [4.78, 5) is 36.1. The number of nitrogens with two attached hydrogens (primary N) is 2. The van der Waals surface area contributed by atoms with Crippen LogP contribution in [0.15, 0.2) is 54.6 Å². The van der Waals surface area contributed by atoms with Crippen LogP contribution in [0.2, 0.25) is 0 Å². The van der Waals surface area contributed by atoms with E-state index in [0.717, 1.165) is 30.4 Å². The van der Waals surface area contributed by atoms with Gasteiger partial charge in [-0.1, -0.05) is 61.0 Å². The largest absolute Gasteiger partial charge is 0.461 e. The average Bonchev–Trinajstić information content (AvgIpc) is 3.23. The summed E-state index contributed by atoms with van der Waals surface area (Å²) in [6, 6.07) is 15.4. The molecule has 0 saturated heterocycles. The Morgan fingerprint density at radius 2 is 1.69 bits per heavy atom. The highest BCUT2D eigenvalue weighted by molar-refractivity contribution is 6.01. The Balaban J connectivity index is 1.55. The molecule has 0 unspecified atom stereocenters. The average molecular weight is 394 g/mol. The maximum Gasteiger partial charge on any atom is 0.308 e. The van der Waals surface area contributed by atoms with Crippen LogP contribution in [-0.2, 0) is 20.9 Å². The number of ketones is 1. The fraction of sp³-hybridized carbons (Fsp3) is 0.348. The predicted molar refractivity (Wildman–Crippen MR) is 109 cm³/mol. The van der Waals surface area contributed by atoms with Gasteiger partial charge < -0.3 is 16.2 Å². The molecule has 6 heteroatoms. The first-order valence-electron chi connectivity index (χ1n) is 9.84. The molecule has 2 aromatic rings. The third-order valence-electron chi connectivity index (χ3n) is 5.47. The van der Waals surface area contributed by atoms with E-state index < -0.39 is 12.0 Å². The van der Waals surface area contributed by atoms with Crippen LogP contribution in [0.3, 0.4) is 0 Å². The van der Waals surface area contributed by atoms with Crippen molar-refractivity contribution in [2.45, 2.75) is 44.2 Å². The van der Waals surface area contributed by atoms with Crippen molar-refractivity contribution in [2.75, 3.05) is 0 Å². The van der Waals surface area contributed by atoms with Crippen molar-refractivity contribution in [3.8, 4) is 0 Å². The quantitative estimate of drug-likeness (QED) is 0.528. The number of benzene rings is 2. The molecule has 29 heavy (non-hydrogen) atoms. The summed E-state index contributed by atoms with van der Waals surface area (Å²) in [5.74, 6) is -1.16. The highest BCUT2D eigenvalue weighted by Crippen LogP contribution is 2.39. The van der Waals surface area contributed by atoms with Crippen LogP contribution in [0, 0.1) is 5.92 Å². The Bertz CT molecular complexity index is 864. The molecule has 1 saturated carbocycles. The van der Waals surface area contributed by atoms with Crippen molar-refractivity contribution in [3.05, 3.63) is 71.3 Å². The standard InChI is InChI=1S/C23H26N2O4/c24-20(13-21(26)29-14-15-5-2-1-3-6-15)22(27)17-11-9-16(10-12-17)18-7-4-8-19(18)23(25)28/h1-3,5-6,9-12,18-20H,4,7-8,13-14,24H2,(H2,25,28)/t18-,19+,20-/m0/s1. The van der Waals surface area contributed by atoms with E-state index >= 15 is 0 Å². The fourth-order valence-electron chi connectivity index (χ4n) is 3.88. The van der Waals surface area contributed by atoms with Gasteiger partial charge in [0.15, 0.2) is 5.78 Å². The van der Waals surface area contributed by atoms with E-state index in [-0.39, 0.29) is 36.6 Å². The van der Waals surface area contributed by atoms with Crippen molar-refractivity contribution in [1.29, 1.82) is 0 Å². The molecule has 152 valence electrons. The first-order valence-corrected chi connectivity index (χ1v) is 9.84. The predicted octanol–water partition coefficient (Wildman–Crippen LogP) is 2.70. The number of hydrogen-bond acceptors (Lipinski definition) is 5. The first kappa shape index (κ1) is 20.7. The highest BCUT2D eigenvalue weighted by atomic mass is 16.5. The molecule has 1 aliphatic rings. The molecule has 0 spiro atoms. The number of esters is 1. The maximum absolute atomic E-state index is 12.6. The van der Waals surface area contributed by atoms with Crippen LogP contribution in [0.1, 0.15) is 53.1 Å². The minimum absolute atomic E-state index is 0.0956. The van der Waals surface area contributed by atoms with Crippen molar-refractivity contribution >= 4 is 17.7 Å². The second kappa shape index (κ2) is 9.47. The zero-order valence-corrected chi connectivity index (χ0v) is 16.3. The number of carbonyl (C=O) groups is 3. The SMILES string of the molecule is NC(=O)[C@@H]1CCC[C@H]1c1ccc(C(=O)[C@@H](N)CC(=O)OCc2ccccc2)cc1. The van der Waals surface area contributed by atoms with Gasteiger partial charge in [0.2, 0.25) is 5.91 Å². The molecule has 0 bridgehead atoms. The van der Waals surface area contributed by atoms with Gasteiger partial charge in [-0.3, -0.25) is 14.4 Å². The summed E-state index contributed by atoms with van der Waals surface area (Å²) in [7, 11) is 0. The van der Waals surface area contributed by atoms with Crippen LogP contribution >= 0.6 is 0 Å². The molecule has 0 heterocycles. The molecule has 3 rings (SSSR count). The van der Waals surface area contributed by atoms with Gasteiger partial charge in [0, 0.05) is 11.5 Å². The van der Waals surface area contributed by atoms with Gasteiger partial charge in [-0.2, -0.15) is 0 Å². The van der Waals surface area contributed by atoms with E-state index in [1.165, 1.54) is 0 Å². The lowest BCUT2D eigenvalue weighted by atomic mass is 9.87. The van der Waals surface area contributed by atoms with Crippen LogP contribution < -0.4 is 11.5 Å². The Labute approximate surface area is 170 Å². The number of ether oxygens (including phenoxy) is 1. The first-order chi connectivity index (χ1) is 14.0. The lowest BCUT2D eigenvalue weighted by Crippen LogP contribution is -2.33. The number of Topliss-reactive ketones (excluding diaryl/α,β-unsaturated/α-hetero) is 1. The molecule has 0 aliphatic heterocycles. The lowest BCUT2D eigenvalue weighted by Gasteiger charge is -2.17. The molecule has 4 N–H and O–H groups in total. The molecule has 2 aromatic carbocycles. The van der Waals surface area contributed by atoms with E-state index in [2.05, 4.69) is 0 Å². The molecule has 6 nitrogen and oxygen atoms in total. The minimum atomic E-state index is -0.964. The second-order valence-electron chi connectivity index (χ2n) is 7.49. The number of rotatable bonds is 8. The minimum Gasteiger partial charge on any atom is -0.461 e. The van der Waals surface area contributed by atoms with E-state index in [9.17, 15) is 14.4 Å². The molecule has 0 radical (unpaired) electrons. The zero-order chi connectivity index (χ0) is 20.8. The maximum atomic E-state index is 12.6. The summed E-state index contributed by atoms with van der Waals surface area (Å²) in [5, 5.41) is 0. The third kappa shape index (κ3) is 5.29. The Morgan fingerprint density at radius 1 is 1.00 bits per heavy atom. The van der Waals surface area contributed by atoms with Crippen molar-refractivity contribution < 1.29 is 19.1 Å². The lowest BCUT2D eigenvalue weighted by molar-refractivity contribution is -0.145. The van der Waals surface area contributed by atoms with Crippen LogP contribution in [0.4, 0.5) is 0 Å². The highest BCUT2D eigenvalue weighted by Gasteiger charge is 2.32. The third-order valence-corrected chi connectivity index (χ3v) is 5.47. The van der Waals surface area contributed by atoms with E-state index in [0.29, 0.717) is 5.56 Å². The van der Waals surface area contributed by atoms with Crippen molar-refractivity contribution in [1.82, 2.24) is 0 Å². The Morgan fingerprint density at radius 3 is 2.34 bits per heavy atom. The topological polar surface area (TPSA) is 112 Å². The van der Waals surface area contributed by atoms with E-state index in [1.54, 1.807) is 12.1 Å². The molecular formula is C23H26N2O4. The molecule has 0 aromatic heterocycles. The zero-order valence-electron chi connectivity index (χ0n) is 16.3. The van der Waals surface area contributed by atoms with Gasteiger partial charge in [-0.05, 0) is 29.9 Å². The smallest absolute Gasteiger partial charge is 0.308 e. The number of hydrogen-bond donors (Lipinski definition) is 2. The summed E-state index contributed by atoms with van der Waals surface area (Å²) in [5.41, 5.74) is 13.7. The molecule has 3 atom stereocenters. The summed E-state index contributed by atoms with van der Waals surface area (Å²) < 4.78 is 5.19. The van der Waals surface area contributed by atoms with Crippen LogP contribution in [0.25, 0.3) is 0 Å². The molecule has 1 aliphatic carbocycles. The summed E-state index contributed by atoms with van der Waals surface area (Å²) in [6.07, 6.45) is 2.50. The van der Waals surface area contributed by atoms with E-state index in [1.807, 2.05) is 42.5 Å². The van der Waals surface area contributed by atoms with E-state index in [4.69, 9.17) is 16.2 Å². The molecule has 1 fully saturated rings. The number of amides is 1. The van der Waals surface area contributed by atoms with Crippen molar-refractivity contribution in [2.24, 2.45) is 17.4 Å². The van der Waals surface area contributed by atoms with Gasteiger partial charge >= 0.3 is 5.97 Å². The van der Waals surface area contributed by atoms with Gasteiger partial charge in [0.1, 0.15) is 6.61 Å². The van der Waals surface area contributed by atoms with Crippen LogP contribution in [0.5, 0.6) is 0 Å². The van der Waals surface area contributed by atoms with Crippen molar-refractivity contribution in [3.63, 3.8) is 0 Å². The molecule has 1 amide bonds. The van der Waals surface area contributed by atoms with Gasteiger partial charge in [0.25, 0.3) is 0 Å². The fourth-order valence-corrected chi connectivity index (χ4v) is 3.88. The van der Waals surface area contributed by atoms with Crippen LogP contribution in [-0.4, -0.2) is 23.7 Å². The molecular weight excluding hydrogens is 368 g/mol. The van der Waals surface area contributed by atoms with Gasteiger partial charge in [0.05, 0.1) is 12.5 Å².